The van der Waals surface area contributed by atoms with Gasteiger partial charge in [0.15, 0.2) is 19.6 Å². The van der Waals surface area contributed by atoms with Gasteiger partial charge in [0.25, 0.3) is 0 Å². The summed E-state index contributed by atoms with van der Waals surface area (Å²) in [5, 5.41) is 8.70. The van der Waals surface area contributed by atoms with Crippen molar-refractivity contribution in [3.05, 3.63) is 40.7 Å². The van der Waals surface area contributed by atoms with Crippen LogP contribution >= 0.6 is 11.5 Å². The number of methoxy groups -OCH3 is 1. The molecule has 0 amide bonds. The number of carbonyl (C=O) groups excluding carboxylic acids is 1. The lowest BCUT2D eigenvalue weighted by atomic mass is 10.1. The minimum Gasteiger partial charge on any atom is -0.471 e. The third-order valence-corrected chi connectivity index (χ3v) is 5.54. The molecular weight excluding hydrogens is 359 g/mol. The zero-order valence-electron chi connectivity index (χ0n) is 12.6. The van der Waals surface area contributed by atoms with E-state index >= 15 is 0 Å². The number of hydrogen-bond donors (Lipinski definition) is 0. The van der Waals surface area contributed by atoms with Crippen molar-refractivity contribution in [1.29, 1.82) is 5.26 Å². The molecule has 0 aliphatic carbocycles. The van der Waals surface area contributed by atoms with Gasteiger partial charge < -0.3 is 9.47 Å². The number of carbonyl (C=O) groups is 1. The normalized spacial score (nSPS) is 10.9. The standard InChI is InChI=1S/C14H11FN2O5S2/c1-21-13(18)11-12(17-23-14(11)24(2,19)20)22-7-9-4-3-8(6-16)5-10(9)15/h3-5H,7H2,1-2H3. The second kappa shape index (κ2) is 6.94. The van der Waals surface area contributed by atoms with Crippen molar-refractivity contribution < 1.29 is 27.1 Å². The van der Waals surface area contributed by atoms with Crippen LogP contribution in [-0.2, 0) is 21.2 Å². The molecule has 0 unspecified atom stereocenters. The van der Waals surface area contributed by atoms with Gasteiger partial charge in [-0.25, -0.2) is 17.6 Å². The smallest absolute Gasteiger partial charge is 0.345 e. The fraction of sp³-hybridized carbons (Fsp3) is 0.214. The molecule has 1 heterocycles. The van der Waals surface area contributed by atoms with Crippen molar-refractivity contribution in [2.24, 2.45) is 0 Å². The second-order valence-corrected chi connectivity index (χ2v) is 7.60. The van der Waals surface area contributed by atoms with Crippen LogP contribution in [0.1, 0.15) is 21.5 Å². The topological polar surface area (TPSA) is 106 Å². The number of nitrogens with zero attached hydrogens (tertiary/aromatic N) is 2. The summed E-state index contributed by atoms with van der Waals surface area (Å²) in [6.07, 6.45) is 0.928. The van der Waals surface area contributed by atoms with Gasteiger partial charge in [-0.15, -0.1) is 0 Å². The number of benzene rings is 1. The third kappa shape index (κ3) is 3.69. The molecule has 24 heavy (non-hydrogen) atoms. The van der Waals surface area contributed by atoms with E-state index in [4.69, 9.17) is 10.00 Å². The van der Waals surface area contributed by atoms with E-state index in [1.54, 1.807) is 6.07 Å². The van der Waals surface area contributed by atoms with Crippen molar-refractivity contribution in [3.8, 4) is 11.9 Å². The van der Waals surface area contributed by atoms with E-state index in [1.807, 2.05) is 0 Å². The molecular formula is C14H11FN2O5S2. The van der Waals surface area contributed by atoms with Crippen LogP contribution < -0.4 is 4.74 Å². The number of esters is 1. The Bertz CT molecular complexity index is 931. The summed E-state index contributed by atoms with van der Waals surface area (Å²) in [6.45, 7) is -0.297. The predicted molar refractivity (Wildman–Crippen MR) is 82.0 cm³/mol. The number of halogens is 1. The molecule has 2 rings (SSSR count). The number of aromatic nitrogens is 1. The van der Waals surface area contributed by atoms with Crippen LogP contribution in [0, 0.1) is 17.1 Å². The van der Waals surface area contributed by atoms with E-state index in [0.717, 1.165) is 19.4 Å². The zero-order valence-corrected chi connectivity index (χ0v) is 14.2. The summed E-state index contributed by atoms with van der Waals surface area (Å²) < 4.78 is 50.6. The molecule has 2 aromatic rings. The van der Waals surface area contributed by atoms with Crippen LogP contribution in [0.2, 0.25) is 0 Å². The summed E-state index contributed by atoms with van der Waals surface area (Å²) in [7, 11) is -2.61. The van der Waals surface area contributed by atoms with Gasteiger partial charge >= 0.3 is 5.97 Å². The lowest BCUT2D eigenvalue weighted by Gasteiger charge is -2.07. The van der Waals surface area contributed by atoms with Gasteiger partial charge in [-0.3, -0.25) is 0 Å². The van der Waals surface area contributed by atoms with E-state index in [1.165, 1.54) is 12.1 Å². The maximum atomic E-state index is 13.8. The van der Waals surface area contributed by atoms with Crippen molar-refractivity contribution in [1.82, 2.24) is 4.37 Å². The average Bonchev–Trinajstić information content (AvgIpc) is 2.97. The van der Waals surface area contributed by atoms with Gasteiger partial charge in [0, 0.05) is 11.8 Å². The molecule has 0 saturated heterocycles. The predicted octanol–water partition coefficient (Wildman–Crippen LogP) is 1.92. The average molecular weight is 370 g/mol. The molecule has 0 N–H and O–H groups in total. The number of hydrogen-bond acceptors (Lipinski definition) is 8. The molecule has 0 aliphatic rings. The molecule has 0 bridgehead atoms. The Morgan fingerprint density at radius 3 is 2.71 bits per heavy atom. The first kappa shape index (κ1) is 17.8. The Kier molecular flexibility index (Phi) is 5.16. The first-order chi connectivity index (χ1) is 11.3. The fourth-order valence-corrected chi connectivity index (χ4v) is 3.53. The SMILES string of the molecule is COC(=O)c1c(OCc2ccc(C#N)cc2F)nsc1S(C)(=O)=O. The molecule has 1 aromatic heterocycles. The summed E-state index contributed by atoms with van der Waals surface area (Å²) in [5.74, 6) is -1.83. The molecule has 10 heteroatoms. The highest BCUT2D eigenvalue weighted by atomic mass is 32.2. The van der Waals surface area contributed by atoms with E-state index in [0.29, 0.717) is 11.5 Å². The molecule has 0 atom stereocenters. The Hall–Kier alpha value is -2.51. The second-order valence-electron chi connectivity index (χ2n) is 4.62. The van der Waals surface area contributed by atoms with Gasteiger partial charge in [-0.05, 0) is 23.7 Å². The molecule has 0 fully saturated rings. The van der Waals surface area contributed by atoms with Gasteiger partial charge in [0.05, 0.1) is 18.7 Å². The maximum absolute atomic E-state index is 13.8. The van der Waals surface area contributed by atoms with Crippen LogP contribution in [0.25, 0.3) is 0 Å². The van der Waals surface area contributed by atoms with Crippen LogP contribution in [-0.4, -0.2) is 32.1 Å². The minimum absolute atomic E-state index is 0.124. The van der Waals surface area contributed by atoms with Crippen LogP contribution in [0.15, 0.2) is 22.4 Å². The van der Waals surface area contributed by atoms with Gasteiger partial charge in [0.1, 0.15) is 12.4 Å². The summed E-state index contributed by atoms with van der Waals surface area (Å²) in [4.78, 5) is 11.8. The van der Waals surface area contributed by atoms with E-state index in [-0.39, 0.29) is 33.4 Å². The molecule has 0 aliphatic heterocycles. The van der Waals surface area contributed by atoms with Crippen molar-refractivity contribution >= 4 is 27.3 Å². The van der Waals surface area contributed by atoms with Crippen molar-refractivity contribution in [2.45, 2.75) is 10.8 Å². The number of ether oxygens (including phenoxy) is 2. The van der Waals surface area contributed by atoms with Crippen LogP contribution in [0.5, 0.6) is 5.88 Å². The quantitative estimate of drug-likeness (QED) is 0.740. The van der Waals surface area contributed by atoms with Crippen molar-refractivity contribution in [3.63, 3.8) is 0 Å². The Morgan fingerprint density at radius 2 is 2.17 bits per heavy atom. The Balaban J connectivity index is 2.33. The first-order valence-electron chi connectivity index (χ1n) is 6.37. The highest BCUT2D eigenvalue weighted by Gasteiger charge is 2.29. The summed E-state index contributed by atoms with van der Waals surface area (Å²) >= 11 is 0.572. The lowest BCUT2D eigenvalue weighted by molar-refractivity contribution is 0.0591. The molecule has 0 radical (unpaired) electrons. The molecule has 0 saturated carbocycles. The van der Waals surface area contributed by atoms with E-state index < -0.39 is 21.6 Å². The highest BCUT2D eigenvalue weighted by molar-refractivity contribution is 7.92. The summed E-state index contributed by atoms with van der Waals surface area (Å²) in [6, 6.07) is 5.61. The Labute approximate surface area is 141 Å². The Morgan fingerprint density at radius 1 is 1.46 bits per heavy atom. The largest absolute Gasteiger partial charge is 0.471 e. The van der Waals surface area contributed by atoms with Gasteiger partial charge in [0.2, 0.25) is 5.88 Å². The van der Waals surface area contributed by atoms with Crippen molar-refractivity contribution in [2.75, 3.05) is 13.4 Å². The van der Waals surface area contributed by atoms with Gasteiger partial charge in [-0.2, -0.15) is 9.64 Å². The third-order valence-electron chi connectivity index (χ3n) is 2.90. The number of rotatable bonds is 5. The minimum atomic E-state index is -3.70. The fourth-order valence-electron chi connectivity index (χ4n) is 1.77. The monoisotopic (exact) mass is 370 g/mol. The number of sulfone groups is 1. The highest BCUT2D eigenvalue weighted by Crippen LogP contribution is 2.31. The molecule has 7 nitrogen and oxygen atoms in total. The molecule has 1 aromatic carbocycles. The maximum Gasteiger partial charge on any atom is 0.345 e. The zero-order chi connectivity index (χ0) is 17.9. The van der Waals surface area contributed by atoms with E-state index in [2.05, 4.69) is 9.11 Å². The lowest BCUT2D eigenvalue weighted by Crippen LogP contribution is -2.09. The van der Waals surface area contributed by atoms with Crippen LogP contribution in [0.3, 0.4) is 0 Å². The van der Waals surface area contributed by atoms with E-state index in [9.17, 15) is 17.6 Å². The number of nitriles is 1. The molecule has 126 valence electrons. The van der Waals surface area contributed by atoms with Gasteiger partial charge in [-0.1, -0.05) is 6.07 Å². The van der Waals surface area contributed by atoms with Crippen LogP contribution in [0.4, 0.5) is 4.39 Å². The summed E-state index contributed by atoms with van der Waals surface area (Å²) in [5.41, 5.74) is -0.0442. The molecule has 0 spiro atoms. The first-order valence-corrected chi connectivity index (χ1v) is 9.03.